The van der Waals surface area contributed by atoms with Crippen LogP contribution in [0, 0.1) is 0 Å². The SMILES string of the molecule is CCOc1ccc(-c2ccc(NC)nc2)cc1CN(C(=O)c1sc2ccccc2c1Cl)[C@H]1CC[C@H](NC)CC1. The van der Waals surface area contributed by atoms with E-state index in [2.05, 4.69) is 33.8 Å². The average molecular weight is 563 g/mol. The minimum atomic E-state index is -0.0120. The van der Waals surface area contributed by atoms with E-state index in [0.29, 0.717) is 29.1 Å². The van der Waals surface area contributed by atoms with Crippen LogP contribution in [0.4, 0.5) is 5.82 Å². The molecule has 0 radical (unpaired) electrons. The minimum absolute atomic E-state index is 0.0120. The first kappa shape index (κ1) is 27.4. The molecule has 4 aromatic rings. The number of aromatic nitrogens is 1. The number of hydrogen-bond acceptors (Lipinski definition) is 6. The van der Waals surface area contributed by atoms with Gasteiger partial charge in [0.15, 0.2) is 0 Å². The van der Waals surface area contributed by atoms with Gasteiger partial charge in [-0.05, 0) is 75.5 Å². The zero-order valence-corrected chi connectivity index (χ0v) is 24.2. The lowest BCUT2D eigenvalue weighted by molar-refractivity contribution is 0.0604. The molecule has 0 unspecified atom stereocenters. The Hall–Kier alpha value is -3.13. The molecule has 39 heavy (non-hydrogen) atoms. The number of rotatable bonds is 9. The van der Waals surface area contributed by atoms with Crippen molar-refractivity contribution in [2.24, 2.45) is 0 Å². The number of carbonyl (C=O) groups is 1. The third kappa shape index (κ3) is 5.91. The first-order chi connectivity index (χ1) is 19.0. The van der Waals surface area contributed by atoms with E-state index in [1.807, 2.05) is 68.5 Å². The molecule has 2 aromatic heterocycles. The van der Waals surface area contributed by atoms with E-state index in [-0.39, 0.29) is 11.9 Å². The van der Waals surface area contributed by atoms with Crippen LogP contribution < -0.4 is 15.4 Å². The van der Waals surface area contributed by atoms with E-state index in [4.69, 9.17) is 16.3 Å². The second-order valence-electron chi connectivity index (χ2n) is 9.91. The molecule has 1 aliphatic rings. The summed E-state index contributed by atoms with van der Waals surface area (Å²) < 4.78 is 7.07. The first-order valence-corrected chi connectivity index (χ1v) is 14.8. The van der Waals surface area contributed by atoms with Gasteiger partial charge < -0.3 is 20.3 Å². The number of fused-ring (bicyclic) bond motifs is 1. The first-order valence-electron chi connectivity index (χ1n) is 13.6. The number of ether oxygens (including phenoxy) is 1. The molecule has 1 aliphatic carbocycles. The maximum atomic E-state index is 14.3. The van der Waals surface area contributed by atoms with Crippen molar-refractivity contribution in [1.82, 2.24) is 15.2 Å². The monoisotopic (exact) mass is 562 g/mol. The molecule has 0 aliphatic heterocycles. The second-order valence-corrected chi connectivity index (χ2v) is 11.3. The number of pyridine rings is 1. The summed E-state index contributed by atoms with van der Waals surface area (Å²) in [6.07, 6.45) is 5.82. The van der Waals surface area contributed by atoms with Gasteiger partial charge in [0.05, 0.1) is 11.6 Å². The molecule has 1 amide bonds. The highest BCUT2D eigenvalue weighted by atomic mass is 35.5. The maximum Gasteiger partial charge on any atom is 0.266 e. The molecule has 0 saturated heterocycles. The minimum Gasteiger partial charge on any atom is -0.494 e. The number of thiophene rings is 1. The van der Waals surface area contributed by atoms with Gasteiger partial charge in [-0.15, -0.1) is 11.3 Å². The van der Waals surface area contributed by atoms with E-state index in [1.54, 1.807) is 0 Å². The van der Waals surface area contributed by atoms with Crippen LogP contribution in [-0.4, -0.2) is 48.6 Å². The Morgan fingerprint density at radius 1 is 1.08 bits per heavy atom. The zero-order chi connectivity index (χ0) is 27.4. The summed E-state index contributed by atoms with van der Waals surface area (Å²) in [6.45, 7) is 2.98. The Kier molecular flexibility index (Phi) is 8.70. The topological polar surface area (TPSA) is 66.5 Å². The Bertz CT molecular complexity index is 1430. The summed E-state index contributed by atoms with van der Waals surface area (Å²) in [5, 5.41) is 7.95. The standard InChI is InChI=1S/C31H35ClN4O2S/c1-4-38-26-15-9-20(21-10-16-28(34-3)35-18-21)17-22(26)19-36(24-13-11-23(33-2)12-14-24)31(37)30-29(32)25-7-5-6-8-27(25)39-30/h5-10,15-18,23-24,33H,4,11-14,19H2,1-3H3,(H,34,35)/t23-,24-. The second kappa shape index (κ2) is 12.4. The molecular weight excluding hydrogens is 528 g/mol. The van der Waals surface area contributed by atoms with Crippen LogP contribution in [0.1, 0.15) is 47.8 Å². The van der Waals surface area contributed by atoms with Crippen LogP contribution in [0.2, 0.25) is 5.02 Å². The van der Waals surface area contributed by atoms with Gasteiger partial charge in [0, 0.05) is 53.1 Å². The Labute approximate surface area is 239 Å². The summed E-state index contributed by atoms with van der Waals surface area (Å²) in [5.74, 6) is 1.60. The fourth-order valence-electron chi connectivity index (χ4n) is 5.40. The molecule has 8 heteroatoms. The van der Waals surface area contributed by atoms with Crippen molar-refractivity contribution >= 4 is 44.7 Å². The van der Waals surface area contributed by atoms with Crippen LogP contribution in [0.5, 0.6) is 5.75 Å². The number of anilines is 1. The van der Waals surface area contributed by atoms with Gasteiger partial charge in [0.25, 0.3) is 5.91 Å². The van der Waals surface area contributed by atoms with E-state index < -0.39 is 0 Å². The molecule has 0 spiro atoms. The largest absolute Gasteiger partial charge is 0.494 e. The lowest BCUT2D eigenvalue weighted by Gasteiger charge is -2.37. The molecule has 1 fully saturated rings. The molecule has 2 N–H and O–H groups in total. The highest BCUT2D eigenvalue weighted by molar-refractivity contribution is 7.21. The molecule has 2 aromatic carbocycles. The van der Waals surface area contributed by atoms with E-state index in [1.165, 1.54) is 11.3 Å². The van der Waals surface area contributed by atoms with E-state index in [0.717, 1.165) is 64.0 Å². The predicted octanol–water partition coefficient (Wildman–Crippen LogP) is 7.23. The van der Waals surface area contributed by atoms with Gasteiger partial charge in [-0.2, -0.15) is 0 Å². The van der Waals surface area contributed by atoms with Crippen LogP contribution >= 0.6 is 22.9 Å². The molecule has 204 valence electrons. The number of halogens is 1. The molecule has 1 saturated carbocycles. The third-order valence-corrected chi connectivity index (χ3v) is 9.25. The Morgan fingerprint density at radius 3 is 2.51 bits per heavy atom. The van der Waals surface area contributed by atoms with Crippen molar-refractivity contribution in [3.8, 4) is 16.9 Å². The fourth-order valence-corrected chi connectivity index (χ4v) is 6.87. The number of benzene rings is 2. The normalized spacial score (nSPS) is 17.2. The average Bonchev–Trinajstić information content (AvgIpc) is 3.33. The molecule has 2 heterocycles. The molecule has 0 bridgehead atoms. The number of carbonyl (C=O) groups excluding carboxylic acids is 1. The van der Waals surface area contributed by atoms with E-state index >= 15 is 0 Å². The fraction of sp³-hybridized carbons (Fsp3) is 0.355. The Morgan fingerprint density at radius 2 is 1.85 bits per heavy atom. The third-order valence-electron chi connectivity index (χ3n) is 7.59. The lowest BCUT2D eigenvalue weighted by Crippen LogP contribution is -2.44. The van der Waals surface area contributed by atoms with Crippen molar-refractivity contribution in [2.75, 3.05) is 26.0 Å². The van der Waals surface area contributed by atoms with Gasteiger partial charge in [0.2, 0.25) is 0 Å². The number of amides is 1. The summed E-state index contributed by atoms with van der Waals surface area (Å²) in [4.78, 5) is 21.4. The Balaban J connectivity index is 1.53. The summed E-state index contributed by atoms with van der Waals surface area (Å²) in [5.41, 5.74) is 3.03. The highest BCUT2D eigenvalue weighted by Crippen LogP contribution is 2.38. The summed E-state index contributed by atoms with van der Waals surface area (Å²) in [7, 11) is 3.87. The van der Waals surface area contributed by atoms with Crippen LogP contribution in [-0.2, 0) is 6.54 Å². The summed E-state index contributed by atoms with van der Waals surface area (Å²) >= 11 is 8.29. The van der Waals surface area contributed by atoms with Gasteiger partial charge in [-0.25, -0.2) is 4.98 Å². The van der Waals surface area contributed by atoms with E-state index in [9.17, 15) is 4.79 Å². The van der Waals surface area contributed by atoms with Crippen LogP contribution in [0.25, 0.3) is 21.2 Å². The molecule has 6 nitrogen and oxygen atoms in total. The molecule has 0 atom stereocenters. The quantitative estimate of drug-likeness (QED) is 0.225. The van der Waals surface area contributed by atoms with Crippen molar-refractivity contribution in [2.45, 2.75) is 51.2 Å². The smallest absolute Gasteiger partial charge is 0.266 e. The summed E-state index contributed by atoms with van der Waals surface area (Å²) in [6, 6.07) is 18.8. The van der Waals surface area contributed by atoms with Gasteiger partial charge in [-0.3, -0.25) is 4.79 Å². The van der Waals surface area contributed by atoms with Crippen molar-refractivity contribution in [3.05, 3.63) is 76.3 Å². The van der Waals surface area contributed by atoms with Gasteiger partial charge >= 0.3 is 0 Å². The number of hydrogen-bond donors (Lipinski definition) is 2. The van der Waals surface area contributed by atoms with Crippen molar-refractivity contribution in [1.29, 1.82) is 0 Å². The molecule has 5 rings (SSSR count). The van der Waals surface area contributed by atoms with Gasteiger partial charge in [-0.1, -0.05) is 35.9 Å². The maximum absolute atomic E-state index is 14.3. The predicted molar refractivity (Wildman–Crippen MR) is 162 cm³/mol. The van der Waals surface area contributed by atoms with Crippen molar-refractivity contribution in [3.63, 3.8) is 0 Å². The van der Waals surface area contributed by atoms with Crippen LogP contribution in [0.3, 0.4) is 0 Å². The number of nitrogens with one attached hydrogen (secondary N) is 2. The van der Waals surface area contributed by atoms with Crippen LogP contribution in [0.15, 0.2) is 60.8 Å². The number of nitrogens with zero attached hydrogens (tertiary/aromatic N) is 2. The van der Waals surface area contributed by atoms with Gasteiger partial charge in [0.1, 0.15) is 16.4 Å². The zero-order valence-electron chi connectivity index (χ0n) is 22.7. The lowest BCUT2D eigenvalue weighted by atomic mass is 9.89. The van der Waals surface area contributed by atoms with Crippen molar-refractivity contribution < 1.29 is 9.53 Å². The molecular formula is C31H35ClN4O2S. The highest BCUT2D eigenvalue weighted by Gasteiger charge is 2.32.